The highest BCUT2D eigenvalue weighted by Crippen LogP contribution is 2.26. The molecule has 3 rings (SSSR count). The minimum absolute atomic E-state index is 0.189. The van der Waals surface area contributed by atoms with Gasteiger partial charge in [-0.15, -0.1) is 0 Å². The van der Waals surface area contributed by atoms with Gasteiger partial charge < -0.3 is 9.64 Å². The predicted octanol–water partition coefficient (Wildman–Crippen LogP) is 2.66. The van der Waals surface area contributed by atoms with Crippen molar-refractivity contribution in [1.82, 2.24) is 4.98 Å². The second kappa shape index (κ2) is 5.74. The van der Waals surface area contributed by atoms with Crippen molar-refractivity contribution in [3.63, 3.8) is 0 Å². The Balaban J connectivity index is 1.74. The number of para-hydroxylation sites is 1. The van der Waals surface area contributed by atoms with Crippen LogP contribution in [0.1, 0.15) is 12.8 Å². The second-order valence-corrected chi connectivity index (χ2v) is 4.79. The van der Waals surface area contributed by atoms with Crippen LogP contribution >= 0.6 is 0 Å². The lowest BCUT2D eigenvalue weighted by Gasteiger charge is -2.24. The van der Waals surface area contributed by atoms with Gasteiger partial charge in [0.2, 0.25) is 0 Å². The Morgan fingerprint density at radius 2 is 1.90 bits per heavy atom. The lowest BCUT2D eigenvalue weighted by molar-refractivity contribution is -0.135. The number of nitrogens with zero attached hydrogens (tertiary/aromatic N) is 2. The molecule has 1 unspecified atom stereocenters. The van der Waals surface area contributed by atoms with Crippen LogP contribution < -0.4 is 9.64 Å². The number of pyridine rings is 1. The van der Waals surface area contributed by atoms with Crippen LogP contribution in [0.2, 0.25) is 0 Å². The molecule has 0 aliphatic carbocycles. The van der Waals surface area contributed by atoms with Gasteiger partial charge in [0.1, 0.15) is 11.8 Å². The van der Waals surface area contributed by atoms with Crippen molar-refractivity contribution < 1.29 is 9.53 Å². The maximum atomic E-state index is 12.3. The predicted molar refractivity (Wildman–Crippen MR) is 76.7 cm³/mol. The van der Waals surface area contributed by atoms with E-state index in [0.29, 0.717) is 5.75 Å². The van der Waals surface area contributed by atoms with Gasteiger partial charge in [0, 0.05) is 24.6 Å². The molecule has 1 aromatic carbocycles. The summed E-state index contributed by atoms with van der Waals surface area (Å²) in [6.07, 6.45) is 5.31. The first-order chi connectivity index (χ1) is 9.84. The zero-order valence-corrected chi connectivity index (χ0v) is 11.1. The monoisotopic (exact) mass is 268 g/mol. The number of carbonyl (C=O) groups is 1. The average molecular weight is 268 g/mol. The number of rotatable bonds is 3. The normalized spacial score (nSPS) is 18.0. The molecule has 20 heavy (non-hydrogen) atoms. The highest BCUT2D eigenvalue weighted by atomic mass is 16.5. The van der Waals surface area contributed by atoms with E-state index in [1.807, 2.05) is 30.3 Å². The summed E-state index contributed by atoms with van der Waals surface area (Å²) in [5, 5.41) is 0. The fourth-order valence-electron chi connectivity index (χ4n) is 2.53. The Kier molecular flexibility index (Phi) is 3.63. The van der Waals surface area contributed by atoms with E-state index in [-0.39, 0.29) is 12.0 Å². The molecule has 0 radical (unpaired) electrons. The molecule has 1 aliphatic heterocycles. The molecule has 0 saturated carbocycles. The zero-order valence-electron chi connectivity index (χ0n) is 11.1. The van der Waals surface area contributed by atoms with Gasteiger partial charge in [-0.2, -0.15) is 0 Å². The molecule has 1 saturated heterocycles. The number of hydrogen-bond donors (Lipinski definition) is 0. The molecule has 2 aromatic rings. The number of esters is 1. The van der Waals surface area contributed by atoms with E-state index < -0.39 is 0 Å². The Hall–Kier alpha value is -2.36. The fourth-order valence-corrected chi connectivity index (χ4v) is 2.53. The molecule has 2 heterocycles. The fraction of sp³-hybridized carbons (Fsp3) is 0.250. The molecule has 1 aromatic heterocycles. The van der Waals surface area contributed by atoms with Crippen LogP contribution in [0, 0.1) is 0 Å². The molecule has 0 amide bonds. The van der Waals surface area contributed by atoms with Crippen molar-refractivity contribution in [3.8, 4) is 5.75 Å². The van der Waals surface area contributed by atoms with E-state index in [0.717, 1.165) is 25.1 Å². The Labute approximate surface area is 118 Å². The van der Waals surface area contributed by atoms with Crippen LogP contribution in [0.4, 0.5) is 5.69 Å². The Morgan fingerprint density at radius 3 is 2.65 bits per heavy atom. The van der Waals surface area contributed by atoms with Gasteiger partial charge in [-0.1, -0.05) is 18.2 Å². The zero-order chi connectivity index (χ0) is 13.8. The Morgan fingerprint density at radius 1 is 1.15 bits per heavy atom. The number of aromatic nitrogens is 1. The average Bonchev–Trinajstić information content (AvgIpc) is 2.99. The maximum absolute atomic E-state index is 12.3. The van der Waals surface area contributed by atoms with E-state index in [1.165, 1.54) is 0 Å². The van der Waals surface area contributed by atoms with Crippen LogP contribution in [0.5, 0.6) is 5.75 Å². The van der Waals surface area contributed by atoms with Crippen molar-refractivity contribution in [3.05, 3.63) is 54.9 Å². The first-order valence-electron chi connectivity index (χ1n) is 6.78. The number of anilines is 1. The molecule has 0 N–H and O–H groups in total. The van der Waals surface area contributed by atoms with Gasteiger partial charge in [0.15, 0.2) is 0 Å². The first-order valence-corrected chi connectivity index (χ1v) is 6.78. The summed E-state index contributed by atoms with van der Waals surface area (Å²) < 4.78 is 5.45. The van der Waals surface area contributed by atoms with Crippen molar-refractivity contribution in [2.45, 2.75) is 18.9 Å². The summed E-state index contributed by atoms with van der Waals surface area (Å²) >= 11 is 0. The van der Waals surface area contributed by atoms with Crippen molar-refractivity contribution >= 4 is 11.7 Å². The number of hydrogen-bond acceptors (Lipinski definition) is 4. The molecule has 4 heteroatoms. The van der Waals surface area contributed by atoms with E-state index in [1.54, 1.807) is 24.5 Å². The third-order valence-corrected chi connectivity index (χ3v) is 3.48. The SMILES string of the molecule is O=C(Oc1ccccc1)C1CCCN1c1ccncc1. The molecule has 1 fully saturated rings. The molecule has 4 nitrogen and oxygen atoms in total. The molecule has 1 atom stereocenters. The summed E-state index contributed by atoms with van der Waals surface area (Å²) in [4.78, 5) is 18.4. The summed E-state index contributed by atoms with van der Waals surface area (Å²) in [7, 11) is 0. The first kappa shape index (κ1) is 12.7. The van der Waals surface area contributed by atoms with Gasteiger partial charge >= 0.3 is 5.97 Å². The van der Waals surface area contributed by atoms with E-state index in [9.17, 15) is 4.79 Å². The highest BCUT2D eigenvalue weighted by Gasteiger charge is 2.32. The molecule has 102 valence electrons. The topological polar surface area (TPSA) is 42.4 Å². The third-order valence-electron chi connectivity index (χ3n) is 3.48. The van der Waals surface area contributed by atoms with Gasteiger partial charge in [0.25, 0.3) is 0 Å². The van der Waals surface area contributed by atoms with Gasteiger partial charge in [-0.3, -0.25) is 4.98 Å². The van der Waals surface area contributed by atoms with Crippen LogP contribution in [0.15, 0.2) is 54.9 Å². The van der Waals surface area contributed by atoms with Gasteiger partial charge in [-0.05, 0) is 37.1 Å². The van der Waals surface area contributed by atoms with Crippen LogP contribution in [0.25, 0.3) is 0 Å². The molecule has 0 spiro atoms. The largest absolute Gasteiger partial charge is 0.425 e. The van der Waals surface area contributed by atoms with Crippen molar-refractivity contribution in [1.29, 1.82) is 0 Å². The van der Waals surface area contributed by atoms with Crippen molar-refractivity contribution in [2.75, 3.05) is 11.4 Å². The lowest BCUT2D eigenvalue weighted by Crippen LogP contribution is -2.38. The smallest absolute Gasteiger partial charge is 0.334 e. The number of ether oxygens (including phenoxy) is 1. The molecular weight excluding hydrogens is 252 g/mol. The van der Waals surface area contributed by atoms with E-state index in [4.69, 9.17) is 4.74 Å². The van der Waals surface area contributed by atoms with Gasteiger partial charge in [0.05, 0.1) is 0 Å². The maximum Gasteiger partial charge on any atom is 0.334 e. The van der Waals surface area contributed by atoms with Crippen LogP contribution in [0.3, 0.4) is 0 Å². The second-order valence-electron chi connectivity index (χ2n) is 4.79. The van der Waals surface area contributed by atoms with E-state index >= 15 is 0 Å². The highest BCUT2D eigenvalue weighted by molar-refractivity contribution is 5.82. The Bertz CT molecular complexity index is 572. The lowest BCUT2D eigenvalue weighted by atomic mass is 10.2. The van der Waals surface area contributed by atoms with Crippen LogP contribution in [-0.2, 0) is 4.79 Å². The minimum Gasteiger partial charge on any atom is -0.425 e. The summed E-state index contributed by atoms with van der Waals surface area (Å²) in [6.45, 7) is 0.874. The number of benzene rings is 1. The molecule has 0 bridgehead atoms. The van der Waals surface area contributed by atoms with E-state index in [2.05, 4.69) is 9.88 Å². The third kappa shape index (κ3) is 2.64. The molecular formula is C16H16N2O2. The van der Waals surface area contributed by atoms with Crippen molar-refractivity contribution in [2.24, 2.45) is 0 Å². The van der Waals surface area contributed by atoms with Gasteiger partial charge in [-0.25, -0.2) is 4.79 Å². The summed E-state index contributed by atoms with van der Waals surface area (Å²) in [5.41, 5.74) is 1.02. The summed E-state index contributed by atoms with van der Waals surface area (Å²) in [6, 6.07) is 12.8. The standard InChI is InChI=1S/C16H16N2O2/c19-16(20-14-5-2-1-3-6-14)15-7-4-12-18(15)13-8-10-17-11-9-13/h1-3,5-6,8-11,15H,4,7,12H2. The molecule has 1 aliphatic rings. The number of carbonyl (C=O) groups excluding carboxylic acids is 1. The van der Waals surface area contributed by atoms with Crippen LogP contribution in [-0.4, -0.2) is 23.5 Å². The minimum atomic E-state index is -0.211. The quantitative estimate of drug-likeness (QED) is 0.634. The summed E-state index contributed by atoms with van der Waals surface area (Å²) in [5.74, 6) is 0.407.